The molecule has 0 saturated carbocycles. The molecule has 2 amide bonds. The van der Waals surface area contributed by atoms with Gasteiger partial charge < -0.3 is 15.0 Å². The van der Waals surface area contributed by atoms with Gasteiger partial charge in [-0.25, -0.2) is 0 Å². The summed E-state index contributed by atoms with van der Waals surface area (Å²) in [6.07, 6.45) is 4.24. The van der Waals surface area contributed by atoms with Crippen LogP contribution in [0.15, 0.2) is 47.5 Å². The van der Waals surface area contributed by atoms with Crippen molar-refractivity contribution < 1.29 is 18.9 Å². The largest absolute Gasteiger partial charge is 0.495 e. The fraction of sp³-hybridized carbons (Fsp3) is 0.423. The molecule has 2 aliphatic rings. The maximum Gasteiger partial charge on any atom is 0.495 e. The molecule has 1 saturated heterocycles. The van der Waals surface area contributed by atoms with Gasteiger partial charge in [-0.15, -0.1) is 0 Å². The Morgan fingerprint density at radius 3 is 2.15 bits per heavy atom. The highest BCUT2D eigenvalue weighted by Crippen LogP contribution is 2.36. The Bertz CT molecular complexity index is 1080. The van der Waals surface area contributed by atoms with Gasteiger partial charge in [0.1, 0.15) is 0 Å². The highest BCUT2D eigenvalue weighted by molar-refractivity contribution is 6.63. The highest BCUT2D eigenvalue weighted by Gasteiger charge is 2.52. The van der Waals surface area contributed by atoms with Crippen molar-refractivity contribution in [2.75, 3.05) is 18.8 Å². The van der Waals surface area contributed by atoms with Gasteiger partial charge in [-0.05, 0) is 70.6 Å². The molecule has 178 valence electrons. The minimum atomic E-state index is -0.505. The molecule has 4 rings (SSSR count). The Labute approximate surface area is 201 Å². The minimum Gasteiger partial charge on any atom is -0.399 e. The van der Waals surface area contributed by atoms with Crippen molar-refractivity contribution in [1.82, 2.24) is 4.90 Å². The molecule has 0 unspecified atom stereocenters. The van der Waals surface area contributed by atoms with Crippen LogP contribution in [0.25, 0.3) is 0 Å². The van der Waals surface area contributed by atoms with E-state index in [0.29, 0.717) is 29.9 Å². The van der Waals surface area contributed by atoms with Crippen LogP contribution in [-0.2, 0) is 9.31 Å². The lowest BCUT2D eigenvalue weighted by Gasteiger charge is -2.32. The molecule has 7 nitrogen and oxygen atoms in total. The number of rotatable bonds is 8. The summed E-state index contributed by atoms with van der Waals surface area (Å²) in [5.74, 6) is -0.401. The van der Waals surface area contributed by atoms with Gasteiger partial charge in [0, 0.05) is 30.6 Å². The van der Waals surface area contributed by atoms with Gasteiger partial charge >= 0.3 is 7.12 Å². The Balaban J connectivity index is 1.29. The molecule has 2 heterocycles. The zero-order chi connectivity index (χ0) is 24.5. The van der Waals surface area contributed by atoms with E-state index in [0.717, 1.165) is 30.3 Å². The molecule has 2 aromatic carbocycles. The monoisotopic (exact) mass is 461 g/mol. The minimum absolute atomic E-state index is 0.201. The van der Waals surface area contributed by atoms with Gasteiger partial charge in [0.2, 0.25) is 0 Å². The van der Waals surface area contributed by atoms with E-state index in [-0.39, 0.29) is 11.8 Å². The number of carbonyl (C=O) groups excluding carboxylic acids is 2. The Morgan fingerprint density at radius 2 is 1.53 bits per heavy atom. The van der Waals surface area contributed by atoms with E-state index in [1.54, 1.807) is 30.5 Å². The first-order chi connectivity index (χ1) is 16.1. The average molecular weight is 461 g/mol. The number of anilines is 1. The number of benzene rings is 2. The zero-order valence-electron chi connectivity index (χ0n) is 20.3. The van der Waals surface area contributed by atoms with Crippen LogP contribution in [0.3, 0.4) is 0 Å². The smallest absolute Gasteiger partial charge is 0.399 e. The Morgan fingerprint density at radius 1 is 0.912 bits per heavy atom. The number of imide groups is 1. The summed E-state index contributed by atoms with van der Waals surface area (Å²) in [6.45, 7) is 9.14. The van der Waals surface area contributed by atoms with Crippen molar-refractivity contribution in [2.45, 2.75) is 58.2 Å². The van der Waals surface area contributed by atoms with Crippen molar-refractivity contribution in [3.63, 3.8) is 0 Å². The van der Waals surface area contributed by atoms with Gasteiger partial charge in [0.15, 0.2) is 0 Å². The number of amides is 2. The number of nitrogens with two attached hydrogens (primary N) is 1. The first-order valence-electron chi connectivity index (χ1n) is 11.8. The number of nitrogen functional groups attached to an aromatic ring is 1. The maximum absolute atomic E-state index is 12.4. The molecule has 2 aromatic rings. The summed E-state index contributed by atoms with van der Waals surface area (Å²) in [5, 5.41) is 0. The van der Waals surface area contributed by atoms with E-state index in [9.17, 15) is 9.59 Å². The van der Waals surface area contributed by atoms with E-state index in [4.69, 9.17) is 15.0 Å². The standard InChI is InChI=1S/C26H32BN3O4/c1-25(2)26(3,4)34-27(33-25)21-13-10-14-22(28)20(21)17-29-15-8-5-9-16-30-23(31)18-11-6-7-12-19(18)24(30)32/h6-7,10-14,17H,5,8-9,15-16,28H2,1-4H3. The average Bonchev–Trinajstić information content (AvgIpc) is 3.16. The van der Waals surface area contributed by atoms with Crippen LogP contribution in [0, 0.1) is 0 Å². The number of fused-ring (bicyclic) bond motifs is 1. The molecule has 0 spiro atoms. The lowest BCUT2D eigenvalue weighted by Crippen LogP contribution is -2.41. The molecular formula is C26H32BN3O4. The fourth-order valence-electron chi connectivity index (χ4n) is 4.17. The lowest BCUT2D eigenvalue weighted by molar-refractivity contribution is 0.00578. The van der Waals surface area contributed by atoms with E-state index >= 15 is 0 Å². The Hall–Kier alpha value is -2.97. The van der Waals surface area contributed by atoms with Crippen molar-refractivity contribution in [3.8, 4) is 0 Å². The van der Waals surface area contributed by atoms with Crippen molar-refractivity contribution >= 4 is 36.3 Å². The van der Waals surface area contributed by atoms with E-state index in [2.05, 4.69) is 4.99 Å². The van der Waals surface area contributed by atoms with Gasteiger partial charge in [0.05, 0.1) is 22.3 Å². The molecule has 1 fully saturated rings. The second kappa shape index (κ2) is 9.35. The van der Waals surface area contributed by atoms with Crippen LogP contribution in [0.1, 0.15) is 73.2 Å². The summed E-state index contributed by atoms with van der Waals surface area (Å²) in [7, 11) is -0.505. The molecule has 8 heteroatoms. The number of unbranched alkanes of at least 4 members (excludes halogenated alkanes) is 2. The lowest BCUT2D eigenvalue weighted by atomic mass is 9.75. The summed E-state index contributed by atoms with van der Waals surface area (Å²) >= 11 is 0. The summed E-state index contributed by atoms with van der Waals surface area (Å²) in [4.78, 5) is 30.8. The third-order valence-corrected chi connectivity index (χ3v) is 6.95. The molecule has 0 radical (unpaired) electrons. The van der Waals surface area contributed by atoms with Gasteiger partial charge in [-0.2, -0.15) is 0 Å². The first-order valence-corrected chi connectivity index (χ1v) is 11.8. The van der Waals surface area contributed by atoms with E-state index in [1.807, 2.05) is 45.9 Å². The molecule has 0 aromatic heterocycles. The fourth-order valence-corrected chi connectivity index (χ4v) is 4.17. The van der Waals surface area contributed by atoms with Crippen LogP contribution >= 0.6 is 0 Å². The third kappa shape index (κ3) is 4.52. The molecule has 34 heavy (non-hydrogen) atoms. The predicted octanol–water partition coefficient (Wildman–Crippen LogP) is 3.45. The molecule has 0 aliphatic carbocycles. The summed E-state index contributed by atoms with van der Waals surface area (Å²) in [6, 6.07) is 12.7. The predicted molar refractivity (Wildman–Crippen MR) is 135 cm³/mol. The molecule has 0 bridgehead atoms. The van der Waals surface area contributed by atoms with E-state index < -0.39 is 18.3 Å². The second-order valence-electron chi connectivity index (χ2n) is 9.84. The van der Waals surface area contributed by atoms with Crippen molar-refractivity contribution in [3.05, 3.63) is 59.2 Å². The van der Waals surface area contributed by atoms with Crippen LogP contribution in [-0.4, -0.2) is 54.3 Å². The molecule has 0 atom stereocenters. The topological polar surface area (TPSA) is 94.2 Å². The molecule has 2 N–H and O–H groups in total. The van der Waals surface area contributed by atoms with Gasteiger partial charge in [-0.1, -0.05) is 24.3 Å². The quantitative estimate of drug-likeness (QED) is 0.214. The maximum atomic E-state index is 12.4. The number of hydrogen-bond acceptors (Lipinski definition) is 6. The number of aliphatic imine (C=N–C) groups is 1. The van der Waals surface area contributed by atoms with Crippen molar-refractivity contribution in [1.29, 1.82) is 0 Å². The summed E-state index contributed by atoms with van der Waals surface area (Å²) < 4.78 is 12.4. The van der Waals surface area contributed by atoms with Gasteiger partial charge in [0.25, 0.3) is 11.8 Å². The summed E-state index contributed by atoms with van der Waals surface area (Å²) in [5.41, 5.74) is 8.68. The van der Waals surface area contributed by atoms with E-state index in [1.165, 1.54) is 4.90 Å². The number of nitrogens with zero attached hydrogens (tertiary/aromatic N) is 2. The normalized spacial score (nSPS) is 18.8. The first kappa shape index (κ1) is 24.2. The van der Waals surface area contributed by atoms with Crippen molar-refractivity contribution in [2.24, 2.45) is 4.99 Å². The highest BCUT2D eigenvalue weighted by atomic mass is 16.7. The van der Waals surface area contributed by atoms with Crippen LogP contribution in [0.4, 0.5) is 5.69 Å². The number of hydrogen-bond donors (Lipinski definition) is 1. The van der Waals surface area contributed by atoms with Crippen LogP contribution in [0.2, 0.25) is 0 Å². The SMILES string of the molecule is CC1(C)OB(c2cccc(N)c2C=NCCCCCN2C(=O)c3ccccc3C2=O)OC1(C)C. The van der Waals surface area contributed by atoms with Gasteiger partial charge in [-0.3, -0.25) is 19.5 Å². The molecule has 2 aliphatic heterocycles. The second-order valence-corrected chi connectivity index (χ2v) is 9.84. The number of carbonyl (C=O) groups is 2. The zero-order valence-corrected chi connectivity index (χ0v) is 20.3. The molecular weight excluding hydrogens is 429 g/mol. The third-order valence-electron chi connectivity index (χ3n) is 6.95. The Kier molecular flexibility index (Phi) is 6.65. The van der Waals surface area contributed by atoms with Crippen LogP contribution < -0.4 is 11.2 Å². The van der Waals surface area contributed by atoms with Crippen LogP contribution in [0.5, 0.6) is 0 Å².